The smallest absolute Gasteiger partial charge is 0.325 e. The van der Waals surface area contributed by atoms with E-state index in [0.29, 0.717) is 38.0 Å². The van der Waals surface area contributed by atoms with Crippen molar-refractivity contribution in [3.05, 3.63) is 35.4 Å². The molecular formula is C23H29N5O3. The normalized spacial score (nSPS) is 20.9. The average molecular weight is 424 g/mol. The van der Waals surface area contributed by atoms with E-state index < -0.39 is 5.54 Å². The van der Waals surface area contributed by atoms with Gasteiger partial charge in [0, 0.05) is 45.7 Å². The van der Waals surface area contributed by atoms with Gasteiger partial charge in [0.1, 0.15) is 5.54 Å². The summed E-state index contributed by atoms with van der Waals surface area (Å²) < 4.78 is 0. The summed E-state index contributed by atoms with van der Waals surface area (Å²) in [5.74, 6) is -0.0282. The van der Waals surface area contributed by atoms with E-state index in [1.54, 1.807) is 0 Å². The highest BCUT2D eigenvalue weighted by atomic mass is 16.2. The molecule has 2 heterocycles. The zero-order valence-electron chi connectivity index (χ0n) is 17.8. The summed E-state index contributed by atoms with van der Waals surface area (Å²) in [6.45, 7) is 4.09. The highest BCUT2D eigenvalue weighted by Crippen LogP contribution is 2.35. The number of carbonyl (C=O) groups excluding carboxylic acids is 3. The summed E-state index contributed by atoms with van der Waals surface area (Å²) in [5, 5.41) is 11.8. The van der Waals surface area contributed by atoms with Crippen LogP contribution in [0.15, 0.2) is 24.3 Å². The lowest BCUT2D eigenvalue weighted by Gasteiger charge is -2.35. The van der Waals surface area contributed by atoms with E-state index in [9.17, 15) is 14.4 Å². The van der Waals surface area contributed by atoms with Crippen LogP contribution in [0.5, 0.6) is 0 Å². The van der Waals surface area contributed by atoms with Crippen LogP contribution >= 0.6 is 0 Å². The van der Waals surface area contributed by atoms with E-state index in [2.05, 4.69) is 16.3 Å². The van der Waals surface area contributed by atoms with Gasteiger partial charge in [-0.2, -0.15) is 5.26 Å². The molecule has 1 N–H and O–H groups in total. The van der Waals surface area contributed by atoms with Gasteiger partial charge in [-0.1, -0.05) is 25.0 Å². The second kappa shape index (κ2) is 9.06. The second-order valence-electron chi connectivity index (χ2n) is 8.75. The van der Waals surface area contributed by atoms with Crippen molar-refractivity contribution in [2.45, 2.75) is 50.6 Å². The Balaban J connectivity index is 1.18. The molecule has 164 valence electrons. The lowest BCUT2D eigenvalue weighted by Crippen LogP contribution is -2.48. The van der Waals surface area contributed by atoms with Gasteiger partial charge >= 0.3 is 6.03 Å². The van der Waals surface area contributed by atoms with Crippen LogP contribution in [-0.2, 0) is 16.1 Å². The van der Waals surface area contributed by atoms with Crippen molar-refractivity contribution in [2.75, 3.05) is 32.7 Å². The first-order chi connectivity index (χ1) is 15.0. The number of imide groups is 1. The number of piperazine rings is 1. The topological polar surface area (TPSA) is 96.8 Å². The van der Waals surface area contributed by atoms with Crippen LogP contribution in [0.4, 0.5) is 4.79 Å². The van der Waals surface area contributed by atoms with Crippen molar-refractivity contribution < 1.29 is 14.4 Å². The zero-order valence-corrected chi connectivity index (χ0v) is 17.8. The number of nitriles is 1. The fourth-order valence-electron chi connectivity index (χ4n) is 4.84. The maximum Gasteiger partial charge on any atom is 0.325 e. The van der Waals surface area contributed by atoms with Crippen LogP contribution in [0.25, 0.3) is 0 Å². The number of carbonyl (C=O) groups is 3. The number of amides is 4. The Kier molecular flexibility index (Phi) is 6.23. The number of urea groups is 1. The molecule has 2 aliphatic heterocycles. The molecule has 0 unspecified atom stereocenters. The number of nitrogens with one attached hydrogen (secondary N) is 1. The monoisotopic (exact) mass is 423 g/mol. The van der Waals surface area contributed by atoms with Gasteiger partial charge in [-0.05, 0) is 37.0 Å². The van der Waals surface area contributed by atoms with Crippen molar-refractivity contribution in [2.24, 2.45) is 0 Å². The summed E-state index contributed by atoms with van der Waals surface area (Å²) in [6.07, 6.45) is 4.23. The Labute approximate surface area is 182 Å². The largest absolute Gasteiger partial charge is 0.340 e. The fraction of sp³-hybridized carbons (Fsp3) is 0.565. The van der Waals surface area contributed by atoms with Crippen LogP contribution in [-0.4, -0.2) is 70.8 Å². The molecule has 8 nitrogen and oxygen atoms in total. The van der Waals surface area contributed by atoms with E-state index >= 15 is 0 Å². The van der Waals surface area contributed by atoms with E-state index in [-0.39, 0.29) is 17.8 Å². The van der Waals surface area contributed by atoms with E-state index in [1.807, 2.05) is 29.2 Å². The summed E-state index contributed by atoms with van der Waals surface area (Å²) >= 11 is 0. The van der Waals surface area contributed by atoms with E-state index in [4.69, 9.17) is 5.26 Å². The number of hydrogen-bond acceptors (Lipinski definition) is 5. The van der Waals surface area contributed by atoms with Gasteiger partial charge in [0.2, 0.25) is 5.91 Å². The molecule has 1 saturated carbocycles. The Hall–Kier alpha value is -2.92. The van der Waals surface area contributed by atoms with Gasteiger partial charge in [0.15, 0.2) is 0 Å². The molecule has 1 spiro atoms. The molecule has 4 amide bonds. The summed E-state index contributed by atoms with van der Waals surface area (Å²) in [7, 11) is 0. The molecular weight excluding hydrogens is 394 g/mol. The number of rotatable bonds is 6. The summed E-state index contributed by atoms with van der Waals surface area (Å²) in [6, 6.07) is 9.42. The number of hydrogen-bond donors (Lipinski definition) is 1. The highest BCUT2D eigenvalue weighted by molar-refractivity contribution is 6.07. The standard InChI is InChI=1S/C23H29N5O3/c24-16-18-5-7-19(8-6-18)17-26-12-14-27(15-13-26)20(29)4-3-11-28-21(30)23(25-22(28)31)9-1-2-10-23/h5-8H,1-4,9-15,17H2,(H,25,31). The van der Waals surface area contributed by atoms with Gasteiger partial charge in [0.25, 0.3) is 5.91 Å². The van der Waals surface area contributed by atoms with Crippen LogP contribution in [0.3, 0.4) is 0 Å². The molecule has 1 aromatic rings. The third-order valence-electron chi connectivity index (χ3n) is 6.69. The molecule has 0 radical (unpaired) electrons. The number of nitrogens with zero attached hydrogens (tertiary/aromatic N) is 4. The Morgan fingerprint density at radius 2 is 1.74 bits per heavy atom. The van der Waals surface area contributed by atoms with Crippen molar-refractivity contribution in [3.63, 3.8) is 0 Å². The fourth-order valence-corrected chi connectivity index (χ4v) is 4.84. The SMILES string of the molecule is N#Cc1ccc(CN2CCN(C(=O)CCCN3C(=O)NC4(CCCC4)C3=O)CC2)cc1. The van der Waals surface area contributed by atoms with Crippen LogP contribution in [0, 0.1) is 11.3 Å². The molecule has 4 rings (SSSR count). The molecule has 2 saturated heterocycles. The minimum Gasteiger partial charge on any atom is -0.340 e. The molecule has 3 fully saturated rings. The minimum absolute atomic E-state index is 0.0839. The summed E-state index contributed by atoms with van der Waals surface area (Å²) in [5.41, 5.74) is 1.14. The Morgan fingerprint density at radius 1 is 1.06 bits per heavy atom. The maximum atomic E-state index is 12.7. The highest BCUT2D eigenvalue weighted by Gasteiger charge is 2.52. The molecule has 1 aromatic carbocycles. The predicted molar refractivity (Wildman–Crippen MR) is 114 cm³/mol. The first-order valence-corrected chi connectivity index (χ1v) is 11.1. The first-order valence-electron chi connectivity index (χ1n) is 11.1. The zero-order chi connectivity index (χ0) is 21.8. The molecule has 0 aromatic heterocycles. The van der Waals surface area contributed by atoms with Crippen molar-refractivity contribution in [1.29, 1.82) is 5.26 Å². The van der Waals surface area contributed by atoms with Gasteiger partial charge in [-0.3, -0.25) is 19.4 Å². The Morgan fingerprint density at radius 3 is 2.39 bits per heavy atom. The van der Waals surface area contributed by atoms with Gasteiger partial charge in [-0.25, -0.2) is 4.79 Å². The maximum absolute atomic E-state index is 12.7. The van der Waals surface area contributed by atoms with Crippen molar-refractivity contribution in [1.82, 2.24) is 20.0 Å². The molecule has 0 atom stereocenters. The quantitative estimate of drug-likeness (QED) is 0.705. The van der Waals surface area contributed by atoms with Gasteiger partial charge < -0.3 is 10.2 Å². The lowest BCUT2D eigenvalue weighted by atomic mass is 9.98. The molecule has 0 bridgehead atoms. The average Bonchev–Trinajstić information content (AvgIpc) is 3.35. The predicted octanol–water partition coefficient (Wildman–Crippen LogP) is 1.85. The molecule has 1 aliphatic carbocycles. The van der Waals surface area contributed by atoms with Crippen LogP contribution in [0.2, 0.25) is 0 Å². The minimum atomic E-state index is -0.674. The Bertz CT molecular complexity index is 877. The number of benzene rings is 1. The van der Waals surface area contributed by atoms with Crippen LogP contribution < -0.4 is 5.32 Å². The molecule has 3 aliphatic rings. The van der Waals surface area contributed by atoms with E-state index in [1.165, 1.54) is 4.90 Å². The molecule has 8 heteroatoms. The van der Waals surface area contributed by atoms with Crippen molar-refractivity contribution in [3.8, 4) is 6.07 Å². The first kappa shape index (κ1) is 21.3. The second-order valence-corrected chi connectivity index (χ2v) is 8.75. The molecule has 31 heavy (non-hydrogen) atoms. The summed E-state index contributed by atoms with van der Waals surface area (Å²) in [4.78, 5) is 43.0. The van der Waals surface area contributed by atoms with Gasteiger partial charge in [0.05, 0.1) is 11.6 Å². The van der Waals surface area contributed by atoms with Gasteiger partial charge in [-0.15, -0.1) is 0 Å². The lowest BCUT2D eigenvalue weighted by molar-refractivity contribution is -0.134. The third kappa shape index (κ3) is 4.57. The third-order valence-corrected chi connectivity index (χ3v) is 6.69. The van der Waals surface area contributed by atoms with Crippen molar-refractivity contribution >= 4 is 17.8 Å². The van der Waals surface area contributed by atoms with Crippen LogP contribution in [0.1, 0.15) is 49.7 Å². The van der Waals surface area contributed by atoms with E-state index in [0.717, 1.165) is 50.9 Å².